The number of aromatic nitrogens is 2. The molecule has 0 saturated carbocycles. The molecule has 2 aromatic rings. The number of hydrogen-bond donors (Lipinski definition) is 1. The molecule has 0 spiro atoms. The molecule has 0 aliphatic heterocycles. The fourth-order valence-electron chi connectivity index (χ4n) is 3.25. The molecule has 8 heteroatoms. The standard InChI is InChI=1S/C22H33N5O3/c1-8-23-22(26(4)13-17-14-27(5)25-20(17)15(2)3)24-12-16-9-10-19(29-6)18(11-16)21(28)30-7/h9-11,14-15H,8,12-13H2,1-7H3,(H,23,24). The second-order valence-electron chi connectivity index (χ2n) is 7.42. The number of methoxy groups -OCH3 is 2. The zero-order chi connectivity index (χ0) is 22.3. The lowest BCUT2D eigenvalue weighted by Gasteiger charge is -2.22. The van der Waals surface area contributed by atoms with Crippen molar-refractivity contribution in [1.82, 2.24) is 20.0 Å². The van der Waals surface area contributed by atoms with Crippen LogP contribution in [0.25, 0.3) is 0 Å². The van der Waals surface area contributed by atoms with E-state index in [2.05, 4.69) is 35.4 Å². The smallest absolute Gasteiger partial charge is 0.341 e. The van der Waals surface area contributed by atoms with E-state index in [1.165, 1.54) is 19.8 Å². The number of carbonyl (C=O) groups is 1. The summed E-state index contributed by atoms with van der Waals surface area (Å²) in [6.07, 6.45) is 2.06. The van der Waals surface area contributed by atoms with Crippen molar-refractivity contribution in [2.45, 2.75) is 39.8 Å². The summed E-state index contributed by atoms with van der Waals surface area (Å²) in [7, 11) is 6.83. The van der Waals surface area contributed by atoms with Gasteiger partial charge in [0.2, 0.25) is 0 Å². The SMILES string of the molecule is CCNC(=NCc1ccc(OC)c(C(=O)OC)c1)N(C)Cc1cn(C)nc1C(C)C. The lowest BCUT2D eigenvalue weighted by Crippen LogP contribution is -2.38. The van der Waals surface area contributed by atoms with Gasteiger partial charge in [-0.15, -0.1) is 0 Å². The fraction of sp³-hybridized carbons (Fsp3) is 0.500. The molecule has 164 valence electrons. The van der Waals surface area contributed by atoms with Gasteiger partial charge < -0.3 is 19.7 Å². The number of aliphatic imine (C=N–C) groups is 1. The molecule has 0 aliphatic rings. The Kier molecular flexibility index (Phi) is 8.26. The fourth-order valence-corrected chi connectivity index (χ4v) is 3.25. The average Bonchev–Trinajstić information content (AvgIpc) is 3.10. The molecule has 0 fully saturated rings. The van der Waals surface area contributed by atoms with Crippen molar-refractivity contribution >= 4 is 11.9 Å². The molecule has 2 rings (SSSR count). The van der Waals surface area contributed by atoms with E-state index in [-0.39, 0.29) is 0 Å². The summed E-state index contributed by atoms with van der Waals surface area (Å²) in [6.45, 7) is 8.20. The molecule has 0 bridgehead atoms. The normalized spacial score (nSPS) is 11.5. The predicted octanol–water partition coefficient (Wildman–Crippen LogP) is 2.94. The largest absolute Gasteiger partial charge is 0.496 e. The zero-order valence-electron chi connectivity index (χ0n) is 19.0. The van der Waals surface area contributed by atoms with Gasteiger partial charge in [-0.3, -0.25) is 4.68 Å². The number of aryl methyl sites for hydroxylation is 1. The highest BCUT2D eigenvalue weighted by Gasteiger charge is 2.16. The van der Waals surface area contributed by atoms with Crippen LogP contribution in [0.1, 0.15) is 53.9 Å². The zero-order valence-corrected chi connectivity index (χ0v) is 19.0. The Morgan fingerprint density at radius 2 is 2.07 bits per heavy atom. The molecule has 1 aromatic carbocycles. The van der Waals surface area contributed by atoms with Crippen molar-refractivity contribution in [1.29, 1.82) is 0 Å². The van der Waals surface area contributed by atoms with Gasteiger partial charge in [0.05, 0.1) is 26.5 Å². The van der Waals surface area contributed by atoms with E-state index in [1.807, 2.05) is 31.8 Å². The molecule has 1 heterocycles. The van der Waals surface area contributed by atoms with Crippen molar-refractivity contribution in [2.75, 3.05) is 27.8 Å². The van der Waals surface area contributed by atoms with Gasteiger partial charge in [-0.1, -0.05) is 19.9 Å². The third-order valence-electron chi connectivity index (χ3n) is 4.67. The van der Waals surface area contributed by atoms with Crippen LogP contribution in [0.4, 0.5) is 0 Å². The van der Waals surface area contributed by atoms with Crippen molar-refractivity contribution in [2.24, 2.45) is 12.0 Å². The molecular weight excluding hydrogens is 382 g/mol. The van der Waals surface area contributed by atoms with E-state index >= 15 is 0 Å². The number of guanidine groups is 1. The molecule has 0 amide bonds. The number of rotatable bonds is 8. The van der Waals surface area contributed by atoms with E-state index in [4.69, 9.17) is 14.5 Å². The number of carbonyl (C=O) groups excluding carboxylic acids is 1. The lowest BCUT2D eigenvalue weighted by atomic mass is 10.1. The highest BCUT2D eigenvalue weighted by Crippen LogP contribution is 2.22. The van der Waals surface area contributed by atoms with Crippen LogP contribution >= 0.6 is 0 Å². The van der Waals surface area contributed by atoms with Crippen LogP contribution in [-0.4, -0.2) is 54.4 Å². The number of nitrogens with zero attached hydrogens (tertiary/aromatic N) is 4. The summed E-state index contributed by atoms with van der Waals surface area (Å²) in [6, 6.07) is 5.42. The van der Waals surface area contributed by atoms with Gasteiger partial charge in [-0.25, -0.2) is 9.79 Å². The first kappa shape index (κ1) is 23.3. The number of nitrogens with one attached hydrogen (secondary N) is 1. The van der Waals surface area contributed by atoms with E-state index < -0.39 is 5.97 Å². The Morgan fingerprint density at radius 1 is 1.33 bits per heavy atom. The first-order valence-electron chi connectivity index (χ1n) is 10.1. The number of ether oxygens (including phenoxy) is 2. The molecule has 0 atom stereocenters. The van der Waals surface area contributed by atoms with Crippen LogP contribution in [0.15, 0.2) is 29.4 Å². The number of hydrogen-bond acceptors (Lipinski definition) is 5. The van der Waals surface area contributed by atoms with Crippen LogP contribution < -0.4 is 10.1 Å². The van der Waals surface area contributed by atoms with Gasteiger partial charge in [-0.05, 0) is 30.5 Å². The van der Waals surface area contributed by atoms with E-state index in [0.717, 1.165) is 23.8 Å². The van der Waals surface area contributed by atoms with Crippen LogP contribution in [0, 0.1) is 0 Å². The topological polar surface area (TPSA) is 81.0 Å². The van der Waals surface area contributed by atoms with Crippen molar-refractivity contribution in [3.05, 3.63) is 46.8 Å². The first-order valence-corrected chi connectivity index (χ1v) is 10.1. The van der Waals surface area contributed by atoms with Crippen molar-refractivity contribution < 1.29 is 14.3 Å². The maximum absolute atomic E-state index is 12.0. The third kappa shape index (κ3) is 5.75. The van der Waals surface area contributed by atoms with Gasteiger partial charge in [0, 0.05) is 38.9 Å². The van der Waals surface area contributed by atoms with E-state index in [0.29, 0.717) is 30.3 Å². The Morgan fingerprint density at radius 3 is 2.67 bits per heavy atom. The predicted molar refractivity (Wildman–Crippen MR) is 118 cm³/mol. The Balaban J connectivity index is 2.22. The third-order valence-corrected chi connectivity index (χ3v) is 4.67. The first-order chi connectivity index (χ1) is 14.3. The summed E-state index contributed by atoms with van der Waals surface area (Å²) >= 11 is 0. The quantitative estimate of drug-likeness (QED) is 0.406. The van der Waals surface area contributed by atoms with Gasteiger partial charge >= 0.3 is 5.97 Å². The minimum absolute atomic E-state index is 0.352. The second kappa shape index (κ2) is 10.7. The monoisotopic (exact) mass is 415 g/mol. The van der Waals surface area contributed by atoms with Gasteiger partial charge in [-0.2, -0.15) is 5.10 Å². The average molecular weight is 416 g/mol. The summed E-state index contributed by atoms with van der Waals surface area (Å²) in [5.41, 5.74) is 3.56. The van der Waals surface area contributed by atoms with E-state index in [9.17, 15) is 4.79 Å². The summed E-state index contributed by atoms with van der Waals surface area (Å²) in [5.74, 6) is 1.19. The molecule has 0 aliphatic carbocycles. The molecule has 1 N–H and O–H groups in total. The van der Waals surface area contributed by atoms with Crippen LogP contribution in [-0.2, 0) is 24.9 Å². The molecular formula is C22H33N5O3. The van der Waals surface area contributed by atoms with Crippen molar-refractivity contribution in [3.8, 4) is 5.75 Å². The van der Waals surface area contributed by atoms with Crippen molar-refractivity contribution in [3.63, 3.8) is 0 Å². The highest BCUT2D eigenvalue weighted by atomic mass is 16.5. The summed E-state index contributed by atoms with van der Waals surface area (Å²) in [5, 5.41) is 7.92. The Hall–Kier alpha value is -3.03. The molecule has 0 unspecified atom stereocenters. The lowest BCUT2D eigenvalue weighted by molar-refractivity contribution is 0.0597. The Labute approximate surface area is 178 Å². The molecule has 8 nitrogen and oxygen atoms in total. The van der Waals surface area contributed by atoms with Gasteiger partial charge in [0.25, 0.3) is 0 Å². The van der Waals surface area contributed by atoms with Gasteiger partial charge in [0.1, 0.15) is 11.3 Å². The summed E-state index contributed by atoms with van der Waals surface area (Å²) in [4.78, 5) is 18.9. The molecule has 0 radical (unpaired) electrons. The Bertz CT molecular complexity index is 889. The summed E-state index contributed by atoms with van der Waals surface area (Å²) < 4.78 is 12.0. The van der Waals surface area contributed by atoms with Gasteiger partial charge in [0.15, 0.2) is 5.96 Å². The molecule has 1 aromatic heterocycles. The maximum Gasteiger partial charge on any atom is 0.341 e. The second-order valence-corrected chi connectivity index (χ2v) is 7.42. The number of benzene rings is 1. The van der Waals surface area contributed by atoms with Crippen LogP contribution in [0.5, 0.6) is 5.75 Å². The van der Waals surface area contributed by atoms with Crippen LogP contribution in [0.2, 0.25) is 0 Å². The molecule has 30 heavy (non-hydrogen) atoms. The van der Waals surface area contributed by atoms with E-state index in [1.54, 1.807) is 12.1 Å². The highest BCUT2D eigenvalue weighted by molar-refractivity contribution is 5.92. The molecule has 0 saturated heterocycles. The minimum Gasteiger partial charge on any atom is -0.496 e. The van der Waals surface area contributed by atoms with Crippen LogP contribution in [0.3, 0.4) is 0 Å². The maximum atomic E-state index is 12.0. The minimum atomic E-state index is -0.431. The number of esters is 1.